The van der Waals surface area contributed by atoms with Gasteiger partial charge in [-0.05, 0) is 56.5 Å². The van der Waals surface area contributed by atoms with Gasteiger partial charge in [-0.15, -0.1) is 10.2 Å². The molecule has 3 aliphatic heterocycles. The first kappa shape index (κ1) is 21.9. The standard InChI is InChI=1S/C25H33N5O3/c1-19-5-2-3-10-30(19)25(31)18-28-11-13-29(14-12-28)24-9-7-21(26-27-24)20-6-8-22-23(17-20)33-16-4-15-32-22/h6-9,17,19H,2-5,10-16,18H2,1H3. The van der Waals surface area contributed by atoms with Gasteiger partial charge in [-0.25, -0.2) is 0 Å². The topological polar surface area (TPSA) is 71.0 Å². The second-order valence-electron chi connectivity index (χ2n) is 9.18. The number of hydrogen-bond donors (Lipinski definition) is 0. The minimum absolute atomic E-state index is 0.273. The normalized spacial score (nSPS) is 21.5. The molecule has 1 amide bonds. The summed E-state index contributed by atoms with van der Waals surface area (Å²) in [5, 5.41) is 8.96. The van der Waals surface area contributed by atoms with Crippen LogP contribution in [0, 0.1) is 0 Å². The maximum Gasteiger partial charge on any atom is 0.236 e. The number of hydrogen-bond acceptors (Lipinski definition) is 7. The molecule has 0 radical (unpaired) electrons. The molecule has 1 unspecified atom stereocenters. The van der Waals surface area contributed by atoms with Crippen molar-refractivity contribution < 1.29 is 14.3 Å². The van der Waals surface area contributed by atoms with Gasteiger partial charge in [-0.3, -0.25) is 9.69 Å². The summed E-state index contributed by atoms with van der Waals surface area (Å²) in [5.41, 5.74) is 1.78. The predicted molar refractivity (Wildman–Crippen MR) is 127 cm³/mol. The van der Waals surface area contributed by atoms with Crippen molar-refractivity contribution in [3.05, 3.63) is 30.3 Å². The monoisotopic (exact) mass is 451 g/mol. The highest BCUT2D eigenvalue weighted by molar-refractivity contribution is 5.78. The zero-order chi connectivity index (χ0) is 22.6. The van der Waals surface area contributed by atoms with E-state index in [1.165, 1.54) is 6.42 Å². The number of aromatic nitrogens is 2. The van der Waals surface area contributed by atoms with Crippen molar-refractivity contribution in [2.24, 2.45) is 0 Å². The van der Waals surface area contributed by atoms with Gasteiger partial charge in [0.25, 0.3) is 0 Å². The summed E-state index contributed by atoms with van der Waals surface area (Å²) in [6.07, 6.45) is 4.38. The third kappa shape index (κ3) is 5.05. The van der Waals surface area contributed by atoms with Gasteiger partial charge in [0.1, 0.15) is 0 Å². The van der Waals surface area contributed by atoms with E-state index in [1.54, 1.807) is 0 Å². The molecule has 2 aromatic rings. The van der Waals surface area contributed by atoms with E-state index in [0.717, 1.165) is 80.6 Å². The Balaban J connectivity index is 1.16. The summed E-state index contributed by atoms with van der Waals surface area (Å²) in [7, 11) is 0. The molecule has 4 heterocycles. The van der Waals surface area contributed by atoms with Crippen LogP contribution in [0.15, 0.2) is 30.3 Å². The van der Waals surface area contributed by atoms with Crippen molar-refractivity contribution in [2.75, 3.05) is 57.4 Å². The summed E-state index contributed by atoms with van der Waals surface area (Å²) in [4.78, 5) is 19.3. The Kier molecular flexibility index (Phi) is 6.62. The lowest BCUT2D eigenvalue weighted by molar-refractivity contribution is -0.135. The summed E-state index contributed by atoms with van der Waals surface area (Å²) >= 11 is 0. The van der Waals surface area contributed by atoms with Crippen LogP contribution < -0.4 is 14.4 Å². The van der Waals surface area contributed by atoms with Gasteiger partial charge >= 0.3 is 0 Å². The number of anilines is 1. The summed E-state index contributed by atoms with van der Waals surface area (Å²) < 4.78 is 11.5. The number of carbonyl (C=O) groups is 1. The second kappa shape index (κ2) is 9.95. The van der Waals surface area contributed by atoms with Crippen molar-refractivity contribution in [1.82, 2.24) is 20.0 Å². The van der Waals surface area contributed by atoms with Gasteiger partial charge in [0, 0.05) is 50.7 Å². The van der Waals surface area contributed by atoms with Crippen LogP contribution in [0.5, 0.6) is 11.5 Å². The van der Waals surface area contributed by atoms with E-state index in [1.807, 2.05) is 30.3 Å². The lowest BCUT2D eigenvalue weighted by atomic mass is 10.0. The van der Waals surface area contributed by atoms with Gasteiger partial charge in [-0.1, -0.05) is 0 Å². The number of carbonyl (C=O) groups excluding carboxylic acids is 1. The SMILES string of the molecule is CC1CCCCN1C(=O)CN1CCN(c2ccc(-c3ccc4c(c3)OCCCO4)nn2)CC1. The minimum atomic E-state index is 0.273. The quantitative estimate of drug-likeness (QED) is 0.708. The highest BCUT2D eigenvalue weighted by atomic mass is 16.5. The molecule has 5 rings (SSSR count). The Labute approximate surface area is 195 Å². The van der Waals surface area contributed by atoms with Crippen molar-refractivity contribution in [3.63, 3.8) is 0 Å². The number of rotatable bonds is 4. The van der Waals surface area contributed by atoms with E-state index in [0.29, 0.717) is 25.8 Å². The Bertz CT molecular complexity index is 959. The molecule has 2 saturated heterocycles. The Morgan fingerprint density at radius 1 is 0.939 bits per heavy atom. The van der Waals surface area contributed by atoms with Crippen LogP contribution in [0.4, 0.5) is 5.82 Å². The molecule has 176 valence electrons. The molecule has 1 aromatic carbocycles. The number of benzene rings is 1. The molecule has 8 heteroatoms. The van der Waals surface area contributed by atoms with E-state index in [9.17, 15) is 4.79 Å². The zero-order valence-electron chi connectivity index (χ0n) is 19.4. The van der Waals surface area contributed by atoms with Gasteiger partial charge < -0.3 is 19.3 Å². The van der Waals surface area contributed by atoms with Gasteiger partial charge in [-0.2, -0.15) is 0 Å². The van der Waals surface area contributed by atoms with Crippen molar-refractivity contribution in [2.45, 2.75) is 38.6 Å². The van der Waals surface area contributed by atoms with Crippen molar-refractivity contribution in [3.8, 4) is 22.8 Å². The summed E-state index contributed by atoms with van der Waals surface area (Å²) in [6.45, 7) is 8.36. The van der Waals surface area contributed by atoms with Crippen molar-refractivity contribution in [1.29, 1.82) is 0 Å². The number of likely N-dealkylation sites (tertiary alicyclic amines) is 1. The molecule has 1 aromatic heterocycles. The average molecular weight is 452 g/mol. The van der Waals surface area contributed by atoms with Gasteiger partial charge in [0.15, 0.2) is 17.3 Å². The van der Waals surface area contributed by atoms with Crippen LogP contribution >= 0.6 is 0 Å². The van der Waals surface area contributed by atoms with E-state index in [2.05, 4.69) is 31.8 Å². The second-order valence-corrected chi connectivity index (χ2v) is 9.18. The van der Waals surface area contributed by atoms with E-state index < -0.39 is 0 Å². The van der Waals surface area contributed by atoms with Crippen LogP contribution in [-0.2, 0) is 4.79 Å². The number of nitrogens with zero attached hydrogens (tertiary/aromatic N) is 5. The lowest BCUT2D eigenvalue weighted by Crippen LogP contribution is -2.52. The number of amides is 1. The van der Waals surface area contributed by atoms with Gasteiger partial charge in [0.05, 0.1) is 25.5 Å². The molecule has 3 aliphatic rings. The first-order chi connectivity index (χ1) is 16.2. The molecule has 33 heavy (non-hydrogen) atoms. The third-order valence-corrected chi connectivity index (χ3v) is 6.87. The fourth-order valence-corrected chi connectivity index (χ4v) is 4.86. The number of piperidine rings is 1. The molecule has 0 saturated carbocycles. The van der Waals surface area contributed by atoms with Crippen molar-refractivity contribution >= 4 is 11.7 Å². The molecule has 2 fully saturated rings. The molecular weight excluding hydrogens is 418 g/mol. The maximum atomic E-state index is 12.7. The third-order valence-electron chi connectivity index (χ3n) is 6.87. The largest absolute Gasteiger partial charge is 0.490 e. The predicted octanol–water partition coefficient (Wildman–Crippen LogP) is 2.83. The van der Waals surface area contributed by atoms with Gasteiger partial charge in [0.2, 0.25) is 5.91 Å². The average Bonchev–Trinajstić information content (AvgIpc) is 3.10. The van der Waals surface area contributed by atoms with E-state index in [-0.39, 0.29) is 5.91 Å². The Hall–Kier alpha value is -2.87. The summed E-state index contributed by atoms with van der Waals surface area (Å²) in [6, 6.07) is 10.3. The summed E-state index contributed by atoms with van der Waals surface area (Å²) in [5.74, 6) is 2.70. The van der Waals surface area contributed by atoms with Crippen LogP contribution in [0.2, 0.25) is 0 Å². The van der Waals surface area contributed by atoms with Crippen LogP contribution in [0.1, 0.15) is 32.6 Å². The first-order valence-electron chi connectivity index (χ1n) is 12.2. The maximum absolute atomic E-state index is 12.7. The van der Waals surface area contributed by atoms with E-state index >= 15 is 0 Å². The van der Waals surface area contributed by atoms with Crippen LogP contribution in [0.25, 0.3) is 11.3 Å². The molecule has 0 spiro atoms. The smallest absolute Gasteiger partial charge is 0.236 e. The molecule has 8 nitrogen and oxygen atoms in total. The van der Waals surface area contributed by atoms with E-state index in [4.69, 9.17) is 9.47 Å². The lowest BCUT2D eigenvalue weighted by Gasteiger charge is -2.38. The first-order valence-corrected chi connectivity index (χ1v) is 12.2. The highest BCUT2D eigenvalue weighted by Gasteiger charge is 2.26. The Morgan fingerprint density at radius 3 is 2.52 bits per heavy atom. The fourth-order valence-electron chi connectivity index (χ4n) is 4.86. The highest BCUT2D eigenvalue weighted by Crippen LogP contribution is 2.33. The molecule has 0 aliphatic carbocycles. The van der Waals surface area contributed by atoms with Crippen LogP contribution in [0.3, 0.4) is 0 Å². The number of ether oxygens (including phenoxy) is 2. The Morgan fingerprint density at radius 2 is 1.76 bits per heavy atom. The van der Waals surface area contributed by atoms with Crippen LogP contribution in [-0.4, -0.2) is 84.4 Å². The molecule has 1 atom stereocenters. The minimum Gasteiger partial charge on any atom is -0.490 e. The molecule has 0 N–H and O–H groups in total. The number of fused-ring (bicyclic) bond motifs is 1. The fraction of sp³-hybridized carbons (Fsp3) is 0.560. The zero-order valence-corrected chi connectivity index (χ0v) is 19.4. The molecule has 0 bridgehead atoms. The number of piperazine rings is 1. The molecular formula is C25H33N5O3.